The molecule has 3 aromatic rings. The van der Waals surface area contributed by atoms with Crippen LogP contribution in [0.2, 0.25) is 0 Å². The summed E-state index contributed by atoms with van der Waals surface area (Å²) in [6.45, 7) is 4.82. The van der Waals surface area contributed by atoms with Crippen molar-refractivity contribution in [1.29, 1.82) is 5.26 Å². The van der Waals surface area contributed by atoms with E-state index in [0.29, 0.717) is 41.0 Å². The number of aromatic nitrogens is 1. The lowest BCUT2D eigenvalue weighted by Gasteiger charge is -2.26. The van der Waals surface area contributed by atoms with Gasteiger partial charge >= 0.3 is 5.97 Å². The van der Waals surface area contributed by atoms with Crippen molar-refractivity contribution in [3.05, 3.63) is 70.4 Å². The van der Waals surface area contributed by atoms with E-state index in [1.807, 2.05) is 30.3 Å². The minimum absolute atomic E-state index is 0.0841. The Balaban J connectivity index is 1.97. The minimum Gasteiger partial charge on any atom is -0.465 e. The van der Waals surface area contributed by atoms with Crippen molar-refractivity contribution in [2.24, 2.45) is 11.8 Å². The van der Waals surface area contributed by atoms with Crippen LogP contribution in [-0.4, -0.2) is 23.4 Å². The number of hydrogen-bond acceptors (Lipinski definition) is 4. The Kier molecular flexibility index (Phi) is 5.17. The topological polar surface area (TPSA) is 72.1 Å². The molecule has 5 heteroatoms. The van der Waals surface area contributed by atoms with Crippen LogP contribution in [0.1, 0.15) is 57.8 Å². The summed E-state index contributed by atoms with van der Waals surface area (Å²) in [7, 11) is 1.36. The second-order valence-electron chi connectivity index (χ2n) is 8.25. The fourth-order valence-electron chi connectivity index (χ4n) is 4.48. The van der Waals surface area contributed by atoms with Crippen LogP contribution in [0.4, 0.5) is 0 Å². The fraction of sp³-hybridized carbons (Fsp3) is 0.320. The Morgan fingerprint density at radius 2 is 2.00 bits per heavy atom. The first kappa shape index (κ1) is 19.9. The van der Waals surface area contributed by atoms with Gasteiger partial charge in [0, 0.05) is 29.6 Å². The van der Waals surface area contributed by atoms with Crippen LogP contribution in [-0.2, 0) is 17.7 Å². The molecule has 0 aliphatic heterocycles. The maximum absolute atomic E-state index is 13.2. The third-order valence-corrected chi connectivity index (χ3v) is 6.12. The molecule has 0 saturated heterocycles. The first-order valence-electron chi connectivity index (χ1n) is 10.2. The molecule has 0 radical (unpaired) electrons. The van der Waals surface area contributed by atoms with Crippen molar-refractivity contribution in [1.82, 2.24) is 4.57 Å². The monoisotopic (exact) mass is 400 g/mol. The van der Waals surface area contributed by atoms with Crippen LogP contribution in [0.3, 0.4) is 0 Å². The number of methoxy groups -OCH3 is 1. The second kappa shape index (κ2) is 7.79. The SMILES string of the molecule is COC(=O)c1cccc2c1c1c(n2Cc2cccc(C#N)c2)CC(C(C)C)CC1=O. The van der Waals surface area contributed by atoms with Crippen LogP contribution >= 0.6 is 0 Å². The van der Waals surface area contributed by atoms with E-state index in [2.05, 4.69) is 24.5 Å². The van der Waals surface area contributed by atoms with Crippen LogP contribution in [0.25, 0.3) is 10.9 Å². The zero-order valence-electron chi connectivity index (χ0n) is 17.4. The lowest BCUT2D eigenvalue weighted by atomic mass is 9.79. The summed E-state index contributed by atoms with van der Waals surface area (Å²) in [4.78, 5) is 25.7. The van der Waals surface area contributed by atoms with Gasteiger partial charge in [0.25, 0.3) is 0 Å². The van der Waals surface area contributed by atoms with E-state index in [-0.39, 0.29) is 11.7 Å². The number of fused-ring (bicyclic) bond motifs is 3. The molecule has 1 heterocycles. The van der Waals surface area contributed by atoms with E-state index in [4.69, 9.17) is 4.74 Å². The third kappa shape index (κ3) is 3.29. The standard InChI is InChI=1S/C25H24N2O3/c1-15(2)18-11-21-24(22(28)12-18)23-19(25(29)30-3)8-5-9-20(23)27(21)14-17-7-4-6-16(10-17)13-26/h4-10,15,18H,11-12,14H2,1-3H3. The smallest absolute Gasteiger partial charge is 0.338 e. The zero-order chi connectivity index (χ0) is 21.4. The molecule has 1 atom stereocenters. The molecule has 4 rings (SSSR count). The maximum Gasteiger partial charge on any atom is 0.338 e. The van der Waals surface area contributed by atoms with Gasteiger partial charge in [-0.05, 0) is 48.1 Å². The minimum atomic E-state index is -0.439. The molecule has 30 heavy (non-hydrogen) atoms. The molecular weight excluding hydrogens is 376 g/mol. The summed E-state index contributed by atoms with van der Waals surface area (Å²) < 4.78 is 7.13. The first-order valence-corrected chi connectivity index (χ1v) is 10.2. The quantitative estimate of drug-likeness (QED) is 0.593. The van der Waals surface area contributed by atoms with Crippen molar-refractivity contribution in [3.63, 3.8) is 0 Å². The molecule has 0 saturated carbocycles. The summed E-state index contributed by atoms with van der Waals surface area (Å²) in [5, 5.41) is 9.94. The van der Waals surface area contributed by atoms with E-state index in [1.54, 1.807) is 12.1 Å². The number of carbonyl (C=O) groups is 2. The Morgan fingerprint density at radius 3 is 2.70 bits per heavy atom. The normalized spacial score (nSPS) is 15.8. The lowest BCUT2D eigenvalue weighted by Crippen LogP contribution is -2.25. The number of nitriles is 1. The Bertz CT molecular complexity index is 1200. The van der Waals surface area contributed by atoms with Gasteiger partial charge in [-0.1, -0.05) is 32.0 Å². The predicted molar refractivity (Wildman–Crippen MR) is 115 cm³/mol. The second-order valence-corrected chi connectivity index (χ2v) is 8.25. The highest BCUT2D eigenvalue weighted by Gasteiger charge is 2.34. The molecule has 2 aromatic carbocycles. The van der Waals surface area contributed by atoms with E-state index in [0.717, 1.165) is 23.2 Å². The maximum atomic E-state index is 13.2. The van der Waals surface area contributed by atoms with E-state index in [9.17, 15) is 14.9 Å². The number of ether oxygens (including phenoxy) is 1. The molecule has 1 unspecified atom stereocenters. The molecule has 1 aliphatic carbocycles. The summed E-state index contributed by atoms with van der Waals surface area (Å²) in [5.74, 6) is 0.294. The van der Waals surface area contributed by atoms with Crippen molar-refractivity contribution in [2.45, 2.75) is 33.2 Å². The number of carbonyl (C=O) groups excluding carboxylic acids is 2. The highest BCUT2D eigenvalue weighted by Crippen LogP contribution is 2.38. The van der Waals surface area contributed by atoms with Crippen LogP contribution in [0.5, 0.6) is 0 Å². The van der Waals surface area contributed by atoms with Crippen molar-refractivity contribution < 1.29 is 14.3 Å². The number of esters is 1. The Hall–Kier alpha value is -3.39. The van der Waals surface area contributed by atoms with Gasteiger partial charge in [-0.25, -0.2) is 4.79 Å². The number of rotatable bonds is 4. The van der Waals surface area contributed by atoms with Gasteiger partial charge in [0.2, 0.25) is 0 Å². The lowest BCUT2D eigenvalue weighted by molar-refractivity contribution is 0.0603. The van der Waals surface area contributed by atoms with Crippen LogP contribution < -0.4 is 0 Å². The molecule has 0 fully saturated rings. The van der Waals surface area contributed by atoms with E-state index < -0.39 is 5.97 Å². The number of ketones is 1. The molecule has 0 spiro atoms. The molecule has 1 aliphatic rings. The molecule has 0 bridgehead atoms. The fourth-order valence-corrected chi connectivity index (χ4v) is 4.48. The zero-order valence-corrected chi connectivity index (χ0v) is 17.4. The first-order chi connectivity index (χ1) is 14.4. The largest absolute Gasteiger partial charge is 0.465 e. The number of hydrogen-bond donors (Lipinski definition) is 0. The molecule has 0 amide bonds. The average molecular weight is 400 g/mol. The van der Waals surface area contributed by atoms with E-state index in [1.165, 1.54) is 7.11 Å². The van der Waals surface area contributed by atoms with Crippen molar-refractivity contribution >= 4 is 22.7 Å². The molecule has 1 aromatic heterocycles. The highest BCUT2D eigenvalue weighted by atomic mass is 16.5. The van der Waals surface area contributed by atoms with Gasteiger partial charge in [0.05, 0.1) is 29.8 Å². The van der Waals surface area contributed by atoms with Gasteiger partial charge in [0.1, 0.15) is 0 Å². The molecule has 0 N–H and O–H groups in total. The molecule has 5 nitrogen and oxygen atoms in total. The van der Waals surface area contributed by atoms with Crippen LogP contribution in [0, 0.1) is 23.2 Å². The van der Waals surface area contributed by atoms with Gasteiger partial charge in [-0.3, -0.25) is 4.79 Å². The van der Waals surface area contributed by atoms with Crippen LogP contribution in [0.15, 0.2) is 42.5 Å². The van der Waals surface area contributed by atoms with Gasteiger partial charge < -0.3 is 9.30 Å². The Morgan fingerprint density at radius 1 is 1.23 bits per heavy atom. The van der Waals surface area contributed by atoms with Gasteiger partial charge in [-0.2, -0.15) is 5.26 Å². The highest BCUT2D eigenvalue weighted by molar-refractivity contribution is 6.16. The number of Topliss-reactive ketones (excluding diaryl/α,β-unsaturated/α-hetero) is 1. The average Bonchev–Trinajstić information content (AvgIpc) is 3.07. The van der Waals surface area contributed by atoms with Gasteiger partial charge in [-0.15, -0.1) is 0 Å². The summed E-state index contributed by atoms with van der Waals surface area (Å²) in [5.41, 5.74) is 4.48. The predicted octanol–water partition coefficient (Wildman–Crippen LogP) is 4.75. The van der Waals surface area contributed by atoms with Crippen molar-refractivity contribution in [3.8, 4) is 6.07 Å². The third-order valence-electron chi connectivity index (χ3n) is 6.12. The molecule has 152 valence electrons. The summed E-state index contributed by atoms with van der Waals surface area (Å²) in [6.07, 6.45) is 1.27. The van der Waals surface area contributed by atoms with Gasteiger partial charge in [0.15, 0.2) is 5.78 Å². The Labute approximate surface area is 175 Å². The summed E-state index contributed by atoms with van der Waals surface area (Å²) in [6, 6.07) is 15.2. The number of nitrogens with zero attached hydrogens (tertiary/aromatic N) is 2. The van der Waals surface area contributed by atoms with E-state index >= 15 is 0 Å². The molecular formula is C25H24N2O3. The summed E-state index contributed by atoms with van der Waals surface area (Å²) >= 11 is 0. The van der Waals surface area contributed by atoms with Crippen molar-refractivity contribution in [2.75, 3.05) is 7.11 Å². The number of benzene rings is 2.